The first kappa shape index (κ1) is 19.2. The van der Waals surface area contributed by atoms with E-state index in [1.807, 2.05) is 49.5 Å². The third-order valence-electron chi connectivity index (χ3n) is 5.58. The summed E-state index contributed by atoms with van der Waals surface area (Å²) in [5.74, 6) is 1.43. The number of rotatable bonds is 4. The molecule has 1 aliphatic rings. The molecule has 0 saturated carbocycles. The quantitative estimate of drug-likeness (QED) is 0.552. The number of benzene rings is 1. The number of piperidine rings is 1. The summed E-state index contributed by atoms with van der Waals surface area (Å²) in [7, 11) is 0. The number of nitrogens with one attached hydrogen (secondary N) is 1. The van der Waals surface area contributed by atoms with Crippen molar-refractivity contribution in [3.05, 3.63) is 66.2 Å². The molecule has 0 radical (unpaired) electrons. The Morgan fingerprint density at radius 3 is 2.81 bits per heavy atom. The maximum absolute atomic E-state index is 9.28. The number of nitrogens with zero attached hydrogens (tertiary/aromatic N) is 7. The smallest absolute Gasteiger partial charge is 0.251 e. The van der Waals surface area contributed by atoms with Crippen molar-refractivity contribution < 1.29 is 0 Å². The van der Waals surface area contributed by atoms with Crippen LogP contribution in [0.5, 0.6) is 0 Å². The molecule has 1 fully saturated rings. The lowest BCUT2D eigenvalue weighted by molar-refractivity contribution is 0.447. The molecule has 0 atom stereocenters. The van der Waals surface area contributed by atoms with Gasteiger partial charge in [-0.3, -0.25) is 4.90 Å². The second kappa shape index (κ2) is 8.13. The highest BCUT2D eigenvalue weighted by atomic mass is 15.4. The summed E-state index contributed by atoms with van der Waals surface area (Å²) >= 11 is 0. The summed E-state index contributed by atoms with van der Waals surface area (Å²) < 4.78 is 1.80. The van der Waals surface area contributed by atoms with Crippen molar-refractivity contribution in [3.8, 4) is 17.2 Å². The SMILES string of the molecule is Cc1cc(N(c2nc3c(-c4cccc(C#N)c4)cccn3n2)C2CCNCC2)ncn1. The van der Waals surface area contributed by atoms with E-state index in [9.17, 15) is 5.26 Å². The van der Waals surface area contributed by atoms with Crippen molar-refractivity contribution in [1.82, 2.24) is 29.9 Å². The predicted octanol–water partition coefficient (Wildman–Crippen LogP) is 3.26. The Labute approximate surface area is 180 Å². The average Bonchev–Trinajstić information content (AvgIpc) is 3.24. The molecule has 4 heterocycles. The lowest BCUT2D eigenvalue weighted by Gasteiger charge is -2.33. The number of nitriles is 1. The number of hydrogen-bond donors (Lipinski definition) is 1. The molecular weight excluding hydrogens is 388 g/mol. The van der Waals surface area contributed by atoms with Crippen LogP contribution in [-0.2, 0) is 0 Å². The molecule has 8 nitrogen and oxygen atoms in total. The summed E-state index contributed by atoms with van der Waals surface area (Å²) in [6.07, 6.45) is 5.45. The van der Waals surface area contributed by atoms with Crippen LogP contribution in [0, 0.1) is 18.3 Å². The molecule has 1 aromatic carbocycles. The van der Waals surface area contributed by atoms with Gasteiger partial charge in [0.2, 0.25) is 0 Å². The molecule has 5 rings (SSSR count). The molecule has 8 heteroatoms. The molecule has 4 aromatic rings. The average molecular weight is 410 g/mol. The fraction of sp³-hybridized carbons (Fsp3) is 0.261. The largest absolute Gasteiger partial charge is 0.317 e. The zero-order valence-corrected chi connectivity index (χ0v) is 17.2. The summed E-state index contributed by atoms with van der Waals surface area (Å²) in [6, 6.07) is 15.9. The molecule has 0 aliphatic carbocycles. The van der Waals surface area contributed by atoms with Crippen LogP contribution >= 0.6 is 0 Å². The van der Waals surface area contributed by atoms with Crippen LogP contribution in [0.4, 0.5) is 11.8 Å². The van der Waals surface area contributed by atoms with Gasteiger partial charge < -0.3 is 5.32 Å². The molecular formula is C23H22N8. The highest BCUT2D eigenvalue weighted by Gasteiger charge is 2.27. The fourth-order valence-corrected chi connectivity index (χ4v) is 4.07. The molecule has 0 spiro atoms. The van der Waals surface area contributed by atoms with Crippen LogP contribution in [0.2, 0.25) is 0 Å². The second-order valence-corrected chi connectivity index (χ2v) is 7.66. The Hall–Kier alpha value is -3.83. The Bertz CT molecular complexity index is 1270. The molecule has 31 heavy (non-hydrogen) atoms. The summed E-state index contributed by atoms with van der Waals surface area (Å²) in [5.41, 5.74) is 4.14. The van der Waals surface area contributed by atoms with Crippen LogP contribution in [0.15, 0.2) is 55.0 Å². The molecule has 0 amide bonds. The van der Waals surface area contributed by atoms with Gasteiger partial charge in [0.25, 0.3) is 5.95 Å². The van der Waals surface area contributed by atoms with Crippen molar-refractivity contribution in [2.75, 3.05) is 18.0 Å². The third-order valence-corrected chi connectivity index (χ3v) is 5.58. The minimum absolute atomic E-state index is 0.248. The first-order chi connectivity index (χ1) is 15.2. The maximum Gasteiger partial charge on any atom is 0.251 e. The highest BCUT2D eigenvalue weighted by molar-refractivity contribution is 5.79. The van der Waals surface area contributed by atoms with E-state index < -0.39 is 0 Å². The van der Waals surface area contributed by atoms with Gasteiger partial charge in [-0.2, -0.15) is 10.2 Å². The second-order valence-electron chi connectivity index (χ2n) is 7.66. The van der Waals surface area contributed by atoms with Crippen LogP contribution in [0.3, 0.4) is 0 Å². The van der Waals surface area contributed by atoms with Gasteiger partial charge in [-0.25, -0.2) is 14.5 Å². The van der Waals surface area contributed by atoms with Crippen molar-refractivity contribution >= 4 is 17.4 Å². The predicted molar refractivity (Wildman–Crippen MR) is 118 cm³/mol. The van der Waals surface area contributed by atoms with Crippen LogP contribution in [-0.4, -0.2) is 43.7 Å². The Morgan fingerprint density at radius 2 is 2.00 bits per heavy atom. The lowest BCUT2D eigenvalue weighted by Crippen LogP contribution is -2.41. The summed E-state index contributed by atoms with van der Waals surface area (Å²) in [5, 5.41) is 17.5. The minimum Gasteiger partial charge on any atom is -0.317 e. The highest BCUT2D eigenvalue weighted by Crippen LogP contribution is 2.30. The van der Waals surface area contributed by atoms with Gasteiger partial charge in [-0.05, 0) is 62.7 Å². The number of anilines is 2. The monoisotopic (exact) mass is 410 g/mol. The van der Waals surface area contributed by atoms with Crippen molar-refractivity contribution in [2.24, 2.45) is 0 Å². The molecule has 1 saturated heterocycles. The molecule has 154 valence electrons. The maximum atomic E-state index is 9.28. The summed E-state index contributed by atoms with van der Waals surface area (Å²) in [6.45, 7) is 3.86. The van der Waals surface area contributed by atoms with E-state index in [0.29, 0.717) is 11.5 Å². The van der Waals surface area contributed by atoms with E-state index in [-0.39, 0.29) is 6.04 Å². The molecule has 0 bridgehead atoms. The number of pyridine rings is 1. The van der Waals surface area contributed by atoms with Gasteiger partial charge in [0.1, 0.15) is 12.1 Å². The van der Waals surface area contributed by atoms with E-state index in [2.05, 4.69) is 26.3 Å². The topological polar surface area (TPSA) is 95.0 Å². The van der Waals surface area contributed by atoms with Gasteiger partial charge in [0, 0.05) is 29.6 Å². The Balaban J connectivity index is 1.64. The normalized spacial score (nSPS) is 14.5. The van der Waals surface area contributed by atoms with Crippen molar-refractivity contribution in [2.45, 2.75) is 25.8 Å². The van der Waals surface area contributed by atoms with E-state index >= 15 is 0 Å². The number of aromatic nitrogens is 5. The number of fused-ring (bicyclic) bond motifs is 1. The van der Waals surface area contributed by atoms with E-state index in [0.717, 1.165) is 54.2 Å². The van der Waals surface area contributed by atoms with Crippen LogP contribution in [0.25, 0.3) is 16.8 Å². The zero-order chi connectivity index (χ0) is 21.2. The number of aryl methyl sites for hydroxylation is 1. The standard InChI is InChI=1S/C23H22N8/c1-16-12-21(27-15-26-16)31(19-7-9-25-10-8-19)23-28-22-20(6-3-11-30(22)29-23)18-5-2-4-17(13-18)14-24/h2-6,11-13,15,19,25H,7-10H2,1H3. The zero-order valence-electron chi connectivity index (χ0n) is 17.2. The van der Waals surface area contributed by atoms with Crippen LogP contribution in [0.1, 0.15) is 24.1 Å². The van der Waals surface area contributed by atoms with Crippen molar-refractivity contribution in [3.63, 3.8) is 0 Å². The van der Waals surface area contributed by atoms with Gasteiger partial charge >= 0.3 is 0 Å². The van der Waals surface area contributed by atoms with Gasteiger partial charge in [0.15, 0.2) is 5.65 Å². The van der Waals surface area contributed by atoms with E-state index in [1.54, 1.807) is 16.9 Å². The molecule has 1 N–H and O–H groups in total. The minimum atomic E-state index is 0.248. The third kappa shape index (κ3) is 3.71. The summed E-state index contributed by atoms with van der Waals surface area (Å²) in [4.78, 5) is 15.9. The van der Waals surface area contributed by atoms with Crippen LogP contribution < -0.4 is 10.2 Å². The Kier molecular flexibility index (Phi) is 5.02. The molecule has 0 unspecified atom stereocenters. The van der Waals surface area contributed by atoms with Gasteiger partial charge in [-0.15, -0.1) is 5.10 Å². The number of hydrogen-bond acceptors (Lipinski definition) is 7. The first-order valence-corrected chi connectivity index (χ1v) is 10.4. The molecule has 3 aromatic heterocycles. The first-order valence-electron chi connectivity index (χ1n) is 10.4. The van der Waals surface area contributed by atoms with Gasteiger partial charge in [-0.1, -0.05) is 12.1 Å². The lowest BCUT2D eigenvalue weighted by atomic mass is 10.0. The van der Waals surface area contributed by atoms with Gasteiger partial charge in [0.05, 0.1) is 11.6 Å². The van der Waals surface area contributed by atoms with E-state index in [4.69, 9.17) is 10.1 Å². The van der Waals surface area contributed by atoms with E-state index in [1.165, 1.54) is 0 Å². The van der Waals surface area contributed by atoms with Crippen molar-refractivity contribution in [1.29, 1.82) is 5.26 Å². The fourth-order valence-electron chi connectivity index (χ4n) is 4.07. The molecule has 1 aliphatic heterocycles. The Morgan fingerprint density at radius 1 is 1.13 bits per heavy atom.